The van der Waals surface area contributed by atoms with Crippen LogP contribution < -0.4 is 5.32 Å². The number of furan rings is 1. The Morgan fingerprint density at radius 1 is 1.38 bits per heavy atom. The van der Waals surface area contributed by atoms with Crippen LogP contribution in [0, 0.1) is 6.92 Å². The topological polar surface area (TPSA) is 80.4 Å². The van der Waals surface area contributed by atoms with E-state index in [1.807, 2.05) is 24.6 Å². The van der Waals surface area contributed by atoms with Crippen molar-refractivity contribution in [3.05, 3.63) is 42.4 Å². The normalized spacial score (nSPS) is 16.8. The second-order valence-electron chi connectivity index (χ2n) is 6.11. The Labute approximate surface area is 140 Å². The SMILES string of the molecule is Cc1nccn1[C@H](C)C(=O)NC1CCN(C(=O)c2ccco2)CC1. The van der Waals surface area contributed by atoms with E-state index in [1.54, 1.807) is 23.2 Å². The molecule has 0 aliphatic carbocycles. The summed E-state index contributed by atoms with van der Waals surface area (Å²) in [4.78, 5) is 30.6. The summed E-state index contributed by atoms with van der Waals surface area (Å²) in [6, 6.07) is 3.17. The maximum Gasteiger partial charge on any atom is 0.289 e. The van der Waals surface area contributed by atoms with Crippen LogP contribution in [0.3, 0.4) is 0 Å². The van der Waals surface area contributed by atoms with Gasteiger partial charge >= 0.3 is 0 Å². The summed E-state index contributed by atoms with van der Waals surface area (Å²) in [6.45, 7) is 4.97. The Kier molecular flexibility index (Phi) is 4.69. The molecule has 0 unspecified atom stereocenters. The maximum atomic E-state index is 12.4. The zero-order chi connectivity index (χ0) is 17.1. The first-order chi connectivity index (χ1) is 11.6. The molecule has 0 saturated carbocycles. The van der Waals surface area contributed by atoms with Crippen molar-refractivity contribution in [2.75, 3.05) is 13.1 Å². The number of amides is 2. The van der Waals surface area contributed by atoms with Crippen LogP contribution in [-0.2, 0) is 4.79 Å². The molecule has 128 valence electrons. The number of nitrogens with zero attached hydrogens (tertiary/aromatic N) is 3. The van der Waals surface area contributed by atoms with Gasteiger partial charge in [-0.3, -0.25) is 9.59 Å². The highest BCUT2D eigenvalue weighted by Crippen LogP contribution is 2.16. The number of aromatic nitrogens is 2. The number of piperidine rings is 1. The summed E-state index contributed by atoms with van der Waals surface area (Å²) in [5.74, 6) is 1.07. The molecule has 2 aromatic rings. The minimum atomic E-state index is -0.296. The molecule has 0 spiro atoms. The number of carbonyl (C=O) groups excluding carboxylic acids is 2. The third-order valence-electron chi connectivity index (χ3n) is 4.52. The van der Waals surface area contributed by atoms with Crippen molar-refractivity contribution in [1.82, 2.24) is 19.8 Å². The summed E-state index contributed by atoms with van der Waals surface area (Å²) in [7, 11) is 0. The van der Waals surface area contributed by atoms with Gasteiger partial charge in [-0.1, -0.05) is 0 Å². The number of imidazole rings is 1. The Bertz CT molecular complexity index is 699. The Morgan fingerprint density at radius 3 is 2.71 bits per heavy atom. The molecule has 1 aliphatic rings. The van der Waals surface area contributed by atoms with Crippen LogP contribution in [0.25, 0.3) is 0 Å². The highest BCUT2D eigenvalue weighted by Gasteiger charge is 2.27. The van der Waals surface area contributed by atoms with Crippen molar-refractivity contribution in [1.29, 1.82) is 0 Å². The lowest BCUT2D eigenvalue weighted by atomic mass is 10.0. The number of nitrogens with one attached hydrogen (secondary N) is 1. The fourth-order valence-electron chi connectivity index (χ4n) is 3.03. The predicted molar refractivity (Wildman–Crippen MR) is 87.5 cm³/mol. The van der Waals surface area contributed by atoms with Gasteiger partial charge in [0.05, 0.1) is 6.26 Å². The summed E-state index contributed by atoms with van der Waals surface area (Å²) in [5, 5.41) is 3.08. The van der Waals surface area contributed by atoms with E-state index in [0.717, 1.165) is 18.7 Å². The average molecular weight is 330 g/mol. The van der Waals surface area contributed by atoms with Gasteiger partial charge in [-0.2, -0.15) is 0 Å². The second-order valence-corrected chi connectivity index (χ2v) is 6.11. The van der Waals surface area contributed by atoms with Crippen LogP contribution in [0.2, 0.25) is 0 Å². The summed E-state index contributed by atoms with van der Waals surface area (Å²) < 4.78 is 7.01. The van der Waals surface area contributed by atoms with Crippen molar-refractivity contribution in [3.8, 4) is 0 Å². The monoisotopic (exact) mass is 330 g/mol. The summed E-state index contributed by atoms with van der Waals surface area (Å²) in [6.07, 6.45) is 6.49. The number of rotatable bonds is 4. The zero-order valence-corrected chi connectivity index (χ0v) is 13.9. The lowest BCUT2D eigenvalue weighted by Crippen LogP contribution is -2.47. The fourth-order valence-corrected chi connectivity index (χ4v) is 3.03. The minimum Gasteiger partial charge on any atom is -0.459 e. The van der Waals surface area contributed by atoms with Crippen LogP contribution in [0.4, 0.5) is 0 Å². The Morgan fingerprint density at radius 2 is 2.12 bits per heavy atom. The molecular formula is C17H22N4O3. The van der Waals surface area contributed by atoms with E-state index in [-0.39, 0.29) is 23.9 Å². The van der Waals surface area contributed by atoms with Crippen molar-refractivity contribution in [2.45, 2.75) is 38.8 Å². The molecule has 1 N–H and O–H groups in total. The first-order valence-electron chi connectivity index (χ1n) is 8.19. The standard InChI is InChI=1S/C17H22N4O3/c1-12(21-10-7-18-13(21)2)16(22)19-14-5-8-20(9-6-14)17(23)15-4-3-11-24-15/h3-4,7,10-12,14H,5-6,8-9H2,1-2H3,(H,19,22)/t12-/m1/s1. The molecule has 1 saturated heterocycles. The van der Waals surface area contributed by atoms with E-state index in [0.29, 0.717) is 18.8 Å². The summed E-state index contributed by atoms with van der Waals surface area (Å²) >= 11 is 0. The van der Waals surface area contributed by atoms with Crippen LogP contribution >= 0.6 is 0 Å². The number of carbonyl (C=O) groups is 2. The smallest absolute Gasteiger partial charge is 0.289 e. The average Bonchev–Trinajstić information content (AvgIpc) is 3.25. The van der Waals surface area contributed by atoms with Crippen LogP contribution in [-0.4, -0.2) is 45.4 Å². The lowest BCUT2D eigenvalue weighted by Gasteiger charge is -2.32. The van der Waals surface area contributed by atoms with Gasteiger partial charge in [0, 0.05) is 31.5 Å². The number of hydrogen-bond donors (Lipinski definition) is 1. The molecule has 24 heavy (non-hydrogen) atoms. The van der Waals surface area contributed by atoms with E-state index in [2.05, 4.69) is 10.3 Å². The van der Waals surface area contributed by atoms with Gasteiger partial charge in [-0.05, 0) is 38.8 Å². The Hall–Kier alpha value is -2.57. The van der Waals surface area contributed by atoms with Gasteiger partial charge in [0.2, 0.25) is 5.91 Å². The molecule has 1 aliphatic heterocycles. The van der Waals surface area contributed by atoms with E-state index in [1.165, 1.54) is 6.26 Å². The highest BCUT2D eigenvalue weighted by atomic mass is 16.3. The molecule has 1 atom stereocenters. The Balaban J connectivity index is 1.51. The molecule has 7 nitrogen and oxygen atoms in total. The van der Waals surface area contributed by atoms with Gasteiger partial charge in [0.15, 0.2) is 5.76 Å². The quantitative estimate of drug-likeness (QED) is 0.926. The third kappa shape index (κ3) is 3.34. The molecule has 0 bridgehead atoms. The fraction of sp³-hybridized carbons (Fsp3) is 0.471. The predicted octanol–water partition coefficient (Wildman–Crippen LogP) is 1.77. The van der Waals surface area contributed by atoms with Crippen LogP contribution in [0.5, 0.6) is 0 Å². The van der Waals surface area contributed by atoms with Crippen molar-refractivity contribution < 1.29 is 14.0 Å². The first kappa shape index (κ1) is 16.3. The van der Waals surface area contributed by atoms with Gasteiger partial charge in [0.1, 0.15) is 11.9 Å². The zero-order valence-electron chi connectivity index (χ0n) is 13.9. The van der Waals surface area contributed by atoms with E-state index >= 15 is 0 Å². The highest BCUT2D eigenvalue weighted by molar-refractivity contribution is 5.91. The number of hydrogen-bond acceptors (Lipinski definition) is 4. The third-order valence-corrected chi connectivity index (χ3v) is 4.52. The van der Waals surface area contributed by atoms with E-state index in [4.69, 9.17) is 4.42 Å². The molecule has 2 aromatic heterocycles. The molecule has 2 amide bonds. The van der Waals surface area contributed by atoms with Crippen molar-refractivity contribution in [2.24, 2.45) is 0 Å². The van der Waals surface area contributed by atoms with Crippen molar-refractivity contribution >= 4 is 11.8 Å². The molecular weight excluding hydrogens is 308 g/mol. The summed E-state index contributed by atoms with van der Waals surface area (Å²) in [5.41, 5.74) is 0. The van der Waals surface area contributed by atoms with Gasteiger partial charge in [0.25, 0.3) is 5.91 Å². The van der Waals surface area contributed by atoms with E-state index < -0.39 is 0 Å². The molecule has 0 radical (unpaired) electrons. The lowest BCUT2D eigenvalue weighted by molar-refractivity contribution is -0.124. The minimum absolute atomic E-state index is 0.0214. The van der Waals surface area contributed by atoms with Crippen molar-refractivity contribution in [3.63, 3.8) is 0 Å². The van der Waals surface area contributed by atoms with Crippen LogP contribution in [0.15, 0.2) is 35.2 Å². The maximum absolute atomic E-state index is 12.4. The molecule has 3 heterocycles. The largest absolute Gasteiger partial charge is 0.459 e. The molecule has 0 aromatic carbocycles. The molecule has 1 fully saturated rings. The molecule has 7 heteroatoms. The first-order valence-corrected chi connectivity index (χ1v) is 8.19. The van der Waals surface area contributed by atoms with Gasteiger partial charge < -0.3 is 19.2 Å². The number of aryl methyl sites for hydroxylation is 1. The molecule has 3 rings (SSSR count). The van der Waals surface area contributed by atoms with Gasteiger partial charge in [-0.25, -0.2) is 4.98 Å². The number of likely N-dealkylation sites (tertiary alicyclic amines) is 1. The second kappa shape index (κ2) is 6.90. The van der Waals surface area contributed by atoms with E-state index in [9.17, 15) is 9.59 Å². The van der Waals surface area contributed by atoms with Crippen LogP contribution in [0.1, 0.15) is 42.2 Å². The van der Waals surface area contributed by atoms with Gasteiger partial charge in [-0.15, -0.1) is 0 Å².